The number of benzene rings is 2. The fourth-order valence-electron chi connectivity index (χ4n) is 3.66. The van der Waals surface area contributed by atoms with E-state index in [0.29, 0.717) is 5.75 Å². The summed E-state index contributed by atoms with van der Waals surface area (Å²) in [6.07, 6.45) is 0. The van der Waals surface area contributed by atoms with Crippen molar-refractivity contribution in [2.24, 2.45) is 0 Å². The van der Waals surface area contributed by atoms with Crippen LogP contribution in [0.2, 0.25) is 0 Å². The van der Waals surface area contributed by atoms with Crippen molar-refractivity contribution in [3.8, 4) is 11.4 Å². The minimum absolute atomic E-state index is 0.00632. The van der Waals surface area contributed by atoms with Gasteiger partial charge < -0.3 is 10.1 Å². The van der Waals surface area contributed by atoms with Crippen LogP contribution in [0.3, 0.4) is 0 Å². The molecule has 0 spiro atoms. The quantitative estimate of drug-likeness (QED) is 0.708. The van der Waals surface area contributed by atoms with Gasteiger partial charge in [0.15, 0.2) is 0 Å². The first kappa shape index (κ1) is 18.6. The van der Waals surface area contributed by atoms with Crippen molar-refractivity contribution in [1.82, 2.24) is 9.78 Å². The largest absolute Gasteiger partial charge is 0.497 e. The number of methoxy groups -OCH3 is 1. The molecule has 0 radical (unpaired) electrons. The molecule has 28 heavy (non-hydrogen) atoms. The van der Waals surface area contributed by atoms with Crippen LogP contribution < -0.4 is 10.1 Å². The third kappa shape index (κ3) is 3.29. The molecule has 1 atom stereocenters. The van der Waals surface area contributed by atoms with Gasteiger partial charge in [-0.15, -0.1) is 11.8 Å². The summed E-state index contributed by atoms with van der Waals surface area (Å²) >= 11 is 1.65. The number of aryl methyl sites for hydroxylation is 3. The van der Waals surface area contributed by atoms with E-state index in [0.717, 1.165) is 28.5 Å². The molecule has 0 unspecified atom stereocenters. The van der Waals surface area contributed by atoms with Crippen LogP contribution in [0.15, 0.2) is 42.5 Å². The SMILES string of the molecule is COc1ccc(-n2nc(C)c3c2NC(=O)CS[C@@H]3c2ccc(C)cc2C)cc1. The molecule has 4 rings (SSSR count). The van der Waals surface area contributed by atoms with Gasteiger partial charge in [-0.05, 0) is 56.2 Å². The number of rotatable bonds is 3. The number of nitrogens with one attached hydrogen (secondary N) is 1. The van der Waals surface area contributed by atoms with E-state index in [9.17, 15) is 4.79 Å². The summed E-state index contributed by atoms with van der Waals surface area (Å²) < 4.78 is 7.08. The molecule has 3 aromatic rings. The Balaban J connectivity index is 1.87. The molecule has 0 aliphatic carbocycles. The zero-order valence-electron chi connectivity index (χ0n) is 16.4. The average molecular weight is 394 g/mol. The second kappa shape index (κ2) is 7.36. The van der Waals surface area contributed by atoms with E-state index in [1.54, 1.807) is 18.9 Å². The molecule has 2 aromatic carbocycles. The Morgan fingerprint density at radius 2 is 1.89 bits per heavy atom. The number of nitrogens with zero attached hydrogens (tertiary/aromatic N) is 2. The molecule has 0 fully saturated rings. The fourth-order valence-corrected chi connectivity index (χ4v) is 4.94. The van der Waals surface area contributed by atoms with Gasteiger partial charge in [-0.25, -0.2) is 4.68 Å². The van der Waals surface area contributed by atoms with Gasteiger partial charge in [0, 0.05) is 5.56 Å². The van der Waals surface area contributed by atoms with Crippen LogP contribution in [0, 0.1) is 20.8 Å². The van der Waals surface area contributed by atoms with Gasteiger partial charge >= 0.3 is 0 Å². The van der Waals surface area contributed by atoms with Crippen LogP contribution in [0.5, 0.6) is 5.75 Å². The van der Waals surface area contributed by atoms with Crippen molar-refractivity contribution in [2.75, 3.05) is 18.2 Å². The van der Waals surface area contributed by atoms with Crippen LogP contribution in [0.4, 0.5) is 5.82 Å². The lowest BCUT2D eigenvalue weighted by molar-refractivity contribution is -0.113. The first-order valence-corrected chi connectivity index (χ1v) is 10.3. The molecule has 1 aromatic heterocycles. The minimum atomic E-state index is -0.00632. The van der Waals surface area contributed by atoms with Crippen molar-refractivity contribution in [3.05, 3.63) is 70.4 Å². The van der Waals surface area contributed by atoms with Gasteiger partial charge in [-0.3, -0.25) is 4.79 Å². The van der Waals surface area contributed by atoms with Crippen LogP contribution in [0.25, 0.3) is 5.69 Å². The van der Waals surface area contributed by atoms with Crippen LogP contribution in [0.1, 0.15) is 33.2 Å². The number of hydrogen-bond donors (Lipinski definition) is 1. The summed E-state index contributed by atoms with van der Waals surface area (Å²) in [7, 11) is 1.64. The van der Waals surface area contributed by atoms with Crippen molar-refractivity contribution >= 4 is 23.5 Å². The van der Waals surface area contributed by atoms with Crippen LogP contribution >= 0.6 is 11.8 Å². The zero-order valence-corrected chi connectivity index (χ0v) is 17.3. The number of carbonyl (C=O) groups is 1. The molecule has 1 amide bonds. The molecule has 2 heterocycles. The molecule has 1 aliphatic rings. The minimum Gasteiger partial charge on any atom is -0.497 e. The molecule has 5 nitrogen and oxygen atoms in total. The summed E-state index contributed by atoms with van der Waals surface area (Å²) in [6.45, 7) is 6.24. The summed E-state index contributed by atoms with van der Waals surface area (Å²) in [5, 5.41) is 7.90. The molecule has 144 valence electrons. The number of anilines is 1. The number of amides is 1. The van der Waals surface area contributed by atoms with E-state index in [4.69, 9.17) is 9.84 Å². The van der Waals surface area contributed by atoms with Gasteiger partial charge in [0.05, 0.1) is 29.5 Å². The van der Waals surface area contributed by atoms with E-state index in [1.165, 1.54) is 16.7 Å². The summed E-state index contributed by atoms with van der Waals surface area (Å²) in [6, 6.07) is 14.2. The molecule has 0 saturated heterocycles. The molecule has 6 heteroatoms. The van der Waals surface area contributed by atoms with E-state index < -0.39 is 0 Å². The lowest BCUT2D eigenvalue weighted by atomic mass is 9.98. The molecular weight excluding hydrogens is 370 g/mol. The summed E-state index contributed by atoms with van der Waals surface area (Å²) in [5.41, 5.74) is 6.57. The average Bonchev–Trinajstić information content (AvgIpc) is 2.88. The highest BCUT2D eigenvalue weighted by Gasteiger charge is 2.31. The number of aromatic nitrogens is 2. The molecule has 1 aliphatic heterocycles. The van der Waals surface area contributed by atoms with Crippen molar-refractivity contribution in [1.29, 1.82) is 0 Å². The van der Waals surface area contributed by atoms with Gasteiger partial charge in [-0.1, -0.05) is 23.8 Å². The van der Waals surface area contributed by atoms with E-state index in [-0.39, 0.29) is 11.2 Å². The highest BCUT2D eigenvalue weighted by atomic mass is 32.2. The molecule has 1 N–H and O–H groups in total. The maximum atomic E-state index is 12.5. The first-order chi connectivity index (χ1) is 13.5. The van der Waals surface area contributed by atoms with Crippen LogP contribution in [-0.4, -0.2) is 28.6 Å². The van der Waals surface area contributed by atoms with Gasteiger partial charge in [0.2, 0.25) is 5.91 Å². The standard InChI is InChI=1S/C22H23N3O2S/c1-13-5-10-18(14(2)11-13)21-20-15(3)24-25(22(20)23-19(26)12-28-21)16-6-8-17(27-4)9-7-16/h5-11,21H,12H2,1-4H3,(H,23,26)/t21-/m1/s1. The Morgan fingerprint density at radius 3 is 2.57 bits per heavy atom. The lowest BCUT2D eigenvalue weighted by Gasteiger charge is -2.18. The monoisotopic (exact) mass is 393 g/mol. The Kier molecular flexibility index (Phi) is 4.89. The van der Waals surface area contributed by atoms with E-state index in [2.05, 4.69) is 37.4 Å². The Morgan fingerprint density at radius 1 is 1.14 bits per heavy atom. The highest BCUT2D eigenvalue weighted by molar-refractivity contribution is 8.00. The predicted octanol–water partition coefficient (Wildman–Crippen LogP) is 4.58. The second-order valence-electron chi connectivity index (χ2n) is 7.06. The molecule has 0 bridgehead atoms. The smallest absolute Gasteiger partial charge is 0.235 e. The number of carbonyl (C=O) groups excluding carboxylic acids is 1. The zero-order chi connectivity index (χ0) is 19.8. The highest BCUT2D eigenvalue weighted by Crippen LogP contribution is 2.44. The number of hydrogen-bond acceptors (Lipinski definition) is 4. The maximum Gasteiger partial charge on any atom is 0.235 e. The topological polar surface area (TPSA) is 56.1 Å². The lowest BCUT2D eigenvalue weighted by Crippen LogP contribution is -2.15. The predicted molar refractivity (Wildman–Crippen MR) is 114 cm³/mol. The van der Waals surface area contributed by atoms with Crippen molar-refractivity contribution < 1.29 is 9.53 Å². The summed E-state index contributed by atoms with van der Waals surface area (Å²) in [4.78, 5) is 12.5. The van der Waals surface area contributed by atoms with E-state index >= 15 is 0 Å². The fraction of sp³-hybridized carbons (Fsp3) is 0.273. The second-order valence-corrected chi connectivity index (χ2v) is 8.15. The maximum absolute atomic E-state index is 12.5. The van der Waals surface area contributed by atoms with E-state index in [1.807, 2.05) is 35.9 Å². The third-order valence-corrected chi connectivity index (χ3v) is 6.28. The van der Waals surface area contributed by atoms with Gasteiger partial charge in [0.1, 0.15) is 11.6 Å². The van der Waals surface area contributed by atoms with Gasteiger partial charge in [0.25, 0.3) is 0 Å². The summed E-state index contributed by atoms with van der Waals surface area (Å²) in [5.74, 6) is 1.94. The normalized spacial score (nSPS) is 16.3. The van der Waals surface area contributed by atoms with Gasteiger partial charge in [-0.2, -0.15) is 5.10 Å². The molecule has 0 saturated carbocycles. The number of fused-ring (bicyclic) bond motifs is 1. The first-order valence-electron chi connectivity index (χ1n) is 9.20. The van der Waals surface area contributed by atoms with Crippen molar-refractivity contribution in [2.45, 2.75) is 26.0 Å². The molecular formula is C22H23N3O2S. The number of thioether (sulfide) groups is 1. The number of ether oxygens (including phenoxy) is 1. The van der Waals surface area contributed by atoms with Crippen molar-refractivity contribution in [3.63, 3.8) is 0 Å². The third-order valence-electron chi connectivity index (χ3n) is 5.03. The van der Waals surface area contributed by atoms with Crippen LogP contribution in [-0.2, 0) is 4.79 Å². The Labute approximate surface area is 169 Å². The Hall–Kier alpha value is -2.73. The Bertz CT molecular complexity index is 1040.